The molecule has 0 bridgehead atoms. The fraction of sp³-hybridized carbons (Fsp3) is 0.400. The van der Waals surface area contributed by atoms with Crippen LogP contribution in [0.3, 0.4) is 0 Å². The first kappa shape index (κ1) is 15.4. The van der Waals surface area contributed by atoms with E-state index < -0.39 is 5.91 Å². The van der Waals surface area contributed by atoms with E-state index in [4.69, 9.17) is 9.26 Å². The topological polar surface area (TPSA) is 92.5 Å². The second-order valence-corrected chi connectivity index (χ2v) is 5.34. The van der Waals surface area contributed by atoms with E-state index in [1.54, 1.807) is 31.4 Å². The first-order valence-corrected chi connectivity index (χ1v) is 7.37. The molecular formula is C15H19N5O3. The summed E-state index contributed by atoms with van der Waals surface area (Å²) in [4.78, 5) is 18.5. The van der Waals surface area contributed by atoms with E-state index >= 15 is 0 Å². The van der Waals surface area contributed by atoms with Gasteiger partial charge < -0.3 is 19.9 Å². The van der Waals surface area contributed by atoms with Crippen molar-refractivity contribution in [1.29, 1.82) is 0 Å². The predicted molar refractivity (Wildman–Crippen MR) is 83.5 cm³/mol. The van der Waals surface area contributed by atoms with Crippen LogP contribution in [-0.4, -0.2) is 54.7 Å². The number of ether oxygens (including phenoxy) is 1. The lowest BCUT2D eigenvalue weighted by Gasteiger charge is -2.30. The number of hydrogen-bond acceptors (Lipinski definition) is 7. The van der Waals surface area contributed by atoms with Gasteiger partial charge >= 0.3 is 11.8 Å². The van der Waals surface area contributed by atoms with E-state index in [-0.39, 0.29) is 11.9 Å². The number of hydrogen-bond donors (Lipinski definition) is 2. The Hall–Kier alpha value is -2.45. The summed E-state index contributed by atoms with van der Waals surface area (Å²) in [6.45, 7) is 2.55. The van der Waals surface area contributed by atoms with Gasteiger partial charge in [0.05, 0.1) is 13.2 Å². The number of aromatic nitrogens is 2. The number of benzene rings is 1. The van der Waals surface area contributed by atoms with Crippen molar-refractivity contribution in [2.24, 2.45) is 0 Å². The highest BCUT2D eigenvalue weighted by Crippen LogP contribution is 2.19. The summed E-state index contributed by atoms with van der Waals surface area (Å²) in [6.07, 6.45) is 0. The van der Waals surface area contributed by atoms with E-state index in [0.717, 1.165) is 25.4 Å². The van der Waals surface area contributed by atoms with Crippen LogP contribution in [0, 0.1) is 0 Å². The lowest BCUT2D eigenvalue weighted by Crippen LogP contribution is -2.44. The standard InChI is InChI=1S/C15H19N5O3/c1-20-8-7-16-9-12(20)13-18-15(23-19-13)14(21)17-10-3-5-11(22-2)6-4-10/h3-6,12,16H,7-9H2,1-2H3,(H,17,21). The average Bonchev–Trinajstić information content (AvgIpc) is 3.06. The molecule has 1 unspecified atom stereocenters. The lowest BCUT2D eigenvalue weighted by molar-refractivity contribution is 0.0981. The highest BCUT2D eigenvalue weighted by molar-refractivity contribution is 6.00. The molecule has 2 aromatic rings. The van der Waals surface area contributed by atoms with Crippen molar-refractivity contribution in [3.8, 4) is 5.75 Å². The molecule has 0 spiro atoms. The van der Waals surface area contributed by atoms with Gasteiger partial charge in [-0.3, -0.25) is 9.69 Å². The summed E-state index contributed by atoms with van der Waals surface area (Å²) >= 11 is 0. The maximum atomic E-state index is 12.2. The molecule has 1 fully saturated rings. The van der Waals surface area contributed by atoms with E-state index in [0.29, 0.717) is 11.5 Å². The molecule has 2 N–H and O–H groups in total. The highest BCUT2D eigenvalue weighted by atomic mass is 16.5. The van der Waals surface area contributed by atoms with Crippen LogP contribution in [0.25, 0.3) is 0 Å². The summed E-state index contributed by atoms with van der Waals surface area (Å²) in [5.41, 5.74) is 0.631. The quantitative estimate of drug-likeness (QED) is 0.865. The van der Waals surface area contributed by atoms with Crippen molar-refractivity contribution in [3.63, 3.8) is 0 Å². The van der Waals surface area contributed by atoms with Crippen LogP contribution >= 0.6 is 0 Å². The molecule has 23 heavy (non-hydrogen) atoms. The second-order valence-electron chi connectivity index (χ2n) is 5.34. The van der Waals surface area contributed by atoms with Crippen LogP contribution in [-0.2, 0) is 0 Å². The van der Waals surface area contributed by atoms with Crippen molar-refractivity contribution in [3.05, 3.63) is 36.0 Å². The fourth-order valence-electron chi connectivity index (χ4n) is 2.42. The van der Waals surface area contributed by atoms with Crippen LogP contribution < -0.4 is 15.4 Å². The number of amides is 1. The van der Waals surface area contributed by atoms with E-state index in [2.05, 4.69) is 25.7 Å². The van der Waals surface area contributed by atoms with Gasteiger partial charge in [0.2, 0.25) is 0 Å². The SMILES string of the molecule is COc1ccc(NC(=O)c2nc(C3CNCCN3C)no2)cc1. The Labute approximate surface area is 133 Å². The Morgan fingerprint density at radius 3 is 2.91 bits per heavy atom. The van der Waals surface area contributed by atoms with Crippen molar-refractivity contribution in [1.82, 2.24) is 20.4 Å². The summed E-state index contributed by atoms with van der Waals surface area (Å²) in [5.74, 6) is 0.755. The minimum Gasteiger partial charge on any atom is -0.497 e. The van der Waals surface area contributed by atoms with E-state index in [1.165, 1.54) is 0 Å². The molecule has 8 heteroatoms. The van der Waals surface area contributed by atoms with Gasteiger partial charge in [0, 0.05) is 25.3 Å². The Kier molecular flexibility index (Phi) is 4.54. The zero-order chi connectivity index (χ0) is 16.2. The van der Waals surface area contributed by atoms with Crippen molar-refractivity contribution in [2.75, 3.05) is 39.1 Å². The highest BCUT2D eigenvalue weighted by Gasteiger charge is 2.26. The fourth-order valence-corrected chi connectivity index (χ4v) is 2.42. The summed E-state index contributed by atoms with van der Waals surface area (Å²) in [6, 6.07) is 7.02. The van der Waals surface area contributed by atoms with Gasteiger partial charge in [-0.25, -0.2) is 0 Å². The Morgan fingerprint density at radius 2 is 2.22 bits per heavy atom. The second kappa shape index (κ2) is 6.76. The van der Waals surface area contributed by atoms with Crippen molar-refractivity contribution in [2.45, 2.75) is 6.04 Å². The van der Waals surface area contributed by atoms with Gasteiger partial charge in [-0.2, -0.15) is 4.98 Å². The summed E-state index contributed by atoms with van der Waals surface area (Å²) in [5, 5.41) is 9.93. The van der Waals surface area contributed by atoms with Gasteiger partial charge in [-0.15, -0.1) is 0 Å². The van der Waals surface area contributed by atoms with Gasteiger partial charge in [-0.1, -0.05) is 5.16 Å². The van der Waals surface area contributed by atoms with Crippen LogP contribution in [0.15, 0.2) is 28.8 Å². The average molecular weight is 317 g/mol. The lowest BCUT2D eigenvalue weighted by atomic mass is 10.2. The van der Waals surface area contributed by atoms with Crippen LogP contribution in [0.1, 0.15) is 22.6 Å². The molecule has 3 rings (SSSR count). The third-order valence-corrected chi connectivity index (χ3v) is 3.79. The number of carbonyl (C=O) groups is 1. The molecule has 2 heterocycles. The van der Waals surface area contributed by atoms with E-state index in [9.17, 15) is 4.79 Å². The number of nitrogens with zero attached hydrogens (tertiary/aromatic N) is 3. The molecule has 122 valence electrons. The molecule has 1 aromatic carbocycles. The molecule has 1 saturated heterocycles. The smallest absolute Gasteiger partial charge is 0.316 e. The van der Waals surface area contributed by atoms with Crippen molar-refractivity contribution < 1.29 is 14.1 Å². The summed E-state index contributed by atoms with van der Waals surface area (Å²) in [7, 11) is 3.59. The van der Waals surface area contributed by atoms with Crippen LogP contribution in [0.2, 0.25) is 0 Å². The van der Waals surface area contributed by atoms with Gasteiger partial charge in [0.15, 0.2) is 5.82 Å². The molecule has 1 amide bonds. The third kappa shape index (κ3) is 3.49. The normalized spacial score (nSPS) is 18.6. The zero-order valence-corrected chi connectivity index (χ0v) is 13.1. The first-order chi connectivity index (χ1) is 11.2. The maximum absolute atomic E-state index is 12.2. The number of carbonyl (C=O) groups excluding carboxylic acids is 1. The number of anilines is 1. The number of likely N-dealkylation sites (N-methyl/N-ethyl adjacent to an activating group) is 1. The largest absolute Gasteiger partial charge is 0.497 e. The molecule has 1 aliphatic heterocycles. The van der Waals surface area contributed by atoms with E-state index in [1.807, 2.05) is 7.05 Å². The third-order valence-electron chi connectivity index (χ3n) is 3.79. The Bertz CT molecular complexity index is 670. The number of methoxy groups -OCH3 is 1. The number of nitrogens with one attached hydrogen (secondary N) is 2. The number of piperazine rings is 1. The van der Waals surface area contributed by atoms with Crippen molar-refractivity contribution >= 4 is 11.6 Å². The first-order valence-electron chi connectivity index (χ1n) is 7.37. The molecule has 0 radical (unpaired) electrons. The van der Waals surface area contributed by atoms with Crippen LogP contribution in [0.4, 0.5) is 5.69 Å². The molecule has 1 atom stereocenters. The molecule has 0 aliphatic carbocycles. The monoisotopic (exact) mass is 317 g/mol. The zero-order valence-electron chi connectivity index (χ0n) is 13.1. The van der Waals surface area contributed by atoms with Crippen LogP contribution in [0.5, 0.6) is 5.75 Å². The molecular weight excluding hydrogens is 298 g/mol. The van der Waals surface area contributed by atoms with Gasteiger partial charge in [-0.05, 0) is 31.3 Å². The van der Waals surface area contributed by atoms with Gasteiger partial charge in [0.1, 0.15) is 5.75 Å². The Morgan fingerprint density at radius 1 is 1.43 bits per heavy atom. The molecule has 1 aliphatic rings. The molecule has 1 aromatic heterocycles. The molecule has 0 saturated carbocycles. The number of rotatable bonds is 4. The predicted octanol–water partition coefficient (Wildman–Crippen LogP) is 0.907. The minimum atomic E-state index is -0.430. The summed E-state index contributed by atoms with van der Waals surface area (Å²) < 4.78 is 10.2. The Balaban J connectivity index is 1.68. The maximum Gasteiger partial charge on any atom is 0.316 e. The van der Waals surface area contributed by atoms with Gasteiger partial charge in [0.25, 0.3) is 0 Å². The molecule has 8 nitrogen and oxygen atoms in total. The minimum absolute atomic E-state index is 0.00929.